The molecule has 0 atom stereocenters. The maximum absolute atomic E-state index is 9.10. The molecule has 0 amide bonds. The summed E-state index contributed by atoms with van der Waals surface area (Å²) in [5, 5.41) is 16.0. The molecule has 2 rings (SSSR count). The molecule has 98 valence electrons. The first kappa shape index (κ1) is 15.6. The van der Waals surface area contributed by atoms with Crippen LogP contribution >= 0.6 is 0 Å². The van der Waals surface area contributed by atoms with E-state index in [-0.39, 0.29) is 5.48 Å². The van der Waals surface area contributed by atoms with E-state index in [1.165, 1.54) is 10.9 Å². The van der Waals surface area contributed by atoms with Gasteiger partial charge in [0.05, 0.1) is 0 Å². The summed E-state index contributed by atoms with van der Waals surface area (Å²) in [6.07, 6.45) is 1.96. The van der Waals surface area contributed by atoms with E-state index in [2.05, 4.69) is 17.1 Å². The molecule has 1 aromatic carbocycles. The highest BCUT2D eigenvalue weighted by Gasteiger charge is 2.04. The molecule has 7 nitrogen and oxygen atoms in total. The lowest BCUT2D eigenvalue weighted by Crippen LogP contribution is -2.09. The van der Waals surface area contributed by atoms with Gasteiger partial charge in [-0.2, -0.15) is 0 Å². The van der Waals surface area contributed by atoms with Gasteiger partial charge in [-0.15, -0.1) is 0 Å². The van der Waals surface area contributed by atoms with E-state index in [4.69, 9.17) is 25.5 Å². The number of aromatic amines is 1. The highest BCUT2D eigenvalue weighted by molar-refractivity contribution is 6.27. The molecular weight excluding hydrogens is 240 g/mol. The number of aromatic nitrogens is 1. The molecule has 0 radical (unpaired) electrons. The fourth-order valence-corrected chi connectivity index (χ4v) is 1.30. The van der Waals surface area contributed by atoms with Gasteiger partial charge in [0, 0.05) is 23.6 Å². The molecule has 0 saturated heterocycles. The van der Waals surface area contributed by atoms with E-state index in [1.807, 2.05) is 18.3 Å². The molecule has 7 heteroatoms. The number of carboxylic acid groups (broad SMARTS) is 2. The lowest BCUT2D eigenvalue weighted by Gasteiger charge is -1.90. The average molecular weight is 254 g/mol. The monoisotopic (exact) mass is 254 g/mol. The number of nitrogens with two attached hydrogens (primary N) is 1. The van der Waals surface area contributed by atoms with E-state index in [0.717, 1.165) is 5.52 Å². The van der Waals surface area contributed by atoms with Crippen LogP contribution in [0.3, 0.4) is 0 Å². The van der Waals surface area contributed by atoms with Gasteiger partial charge in [-0.3, -0.25) is 0 Å². The third-order valence-corrected chi connectivity index (χ3v) is 2.08. The van der Waals surface area contributed by atoms with Gasteiger partial charge in [0.1, 0.15) is 0 Å². The number of para-hydroxylation sites is 1. The standard InChI is InChI=1S/C9H10N2.C2H2O4.H2O/c10-5-7-6-11-9-4-2-1-3-8(7)9;3-1(4)2(5)6;/h1-4,6,11H,5,10H2;(H,3,4)(H,5,6);1H2. The first-order chi connectivity index (χ1) is 8.06. The molecule has 0 spiro atoms. The molecule has 0 fully saturated rings. The summed E-state index contributed by atoms with van der Waals surface area (Å²) < 4.78 is 0. The predicted octanol–water partition coefficient (Wildman–Crippen LogP) is -0.0425. The van der Waals surface area contributed by atoms with Gasteiger partial charge in [0.15, 0.2) is 0 Å². The quantitative estimate of drug-likeness (QED) is 0.527. The second-order valence-corrected chi connectivity index (χ2v) is 3.17. The Bertz CT molecular complexity index is 523. The number of carbonyl (C=O) groups is 2. The zero-order valence-electron chi connectivity index (χ0n) is 9.38. The molecule has 2 aromatic rings. The summed E-state index contributed by atoms with van der Waals surface area (Å²) in [5.74, 6) is -3.65. The zero-order valence-corrected chi connectivity index (χ0v) is 9.38. The summed E-state index contributed by atoms with van der Waals surface area (Å²) >= 11 is 0. The Balaban J connectivity index is 0.000000362. The average Bonchev–Trinajstić information content (AvgIpc) is 2.72. The summed E-state index contributed by atoms with van der Waals surface area (Å²) in [7, 11) is 0. The highest BCUT2D eigenvalue weighted by Crippen LogP contribution is 2.16. The summed E-state index contributed by atoms with van der Waals surface area (Å²) in [4.78, 5) is 21.4. The third kappa shape index (κ3) is 3.89. The Morgan fingerprint density at radius 2 is 1.72 bits per heavy atom. The lowest BCUT2D eigenvalue weighted by molar-refractivity contribution is -0.159. The smallest absolute Gasteiger partial charge is 0.414 e. The second-order valence-electron chi connectivity index (χ2n) is 3.17. The minimum Gasteiger partial charge on any atom is -0.473 e. The Kier molecular flexibility index (Phi) is 6.11. The van der Waals surface area contributed by atoms with E-state index < -0.39 is 11.9 Å². The number of fused-ring (bicyclic) bond motifs is 1. The molecular formula is C11H14N2O5. The van der Waals surface area contributed by atoms with Gasteiger partial charge in [-0.05, 0) is 11.6 Å². The molecule has 0 aliphatic heterocycles. The molecule has 7 N–H and O–H groups in total. The minimum absolute atomic E-state index is 0. The number of hydrogen-bond acceptors (Lipinski definition) is 3. The molecule has 0 aliphatic carbocycles. The van der Waals surface area contributed by atoms with Gasteiger partial charge >= 0.3 is 11.9 Å². The van der Waals surface area contributed by atoms with Crippen molar-refractivity contribution in [2.45, 2.75) is 6.54 Å². The maximum atomic E-state index is 9.10. The SMILES string of the molecule is NCc1c[nH]c2ccccc12.O.O=C(O)C(=O)O. The van der Waals surface area contributed by atoms with Crippen LogP contribution in [0.5, 0.6) is 0 Å². The molecule has 0 aliphatic rings. The first-order valence-electron chi connectivity index (χ1n) is 4.77. The van der Waals surface area contributed by atoms with Gasteiger partial charge < -0.3 is 26.4 Å². The molecule has 0 bridgehead atoms. The summed E-state index contributed by atoms with van der Waals surface area (Å²) in [6, 6.07) is 8.16. The van der Waals surface area contributed by atoms with Gasteiger partial charge in [-0.1, -0.05) is 18.2 Å². The van der Waals surface area contributed by atoms with Gasteiger partial charge in [0.2, 0.25) is 0 Å². The van der Waals surface area contributed by atoms with Crippen molar-refractivity contribution in [2.75, 3.05) is 0 Å². The van der Waals surface area contributed by atoms with E-state index in [0.29, 0.717) is 6.54 Å². The van der Waals surface area contributed by atoms with Crippen molar-refractivity contribution < 1.29 is 25.3 Å². The van der Waals surface area contributed by atoms with Crippen LogP contribution in [0.2, 0.25) is 0 Å². The second kappa shape index (κ2) is 7.05. The van der Waals surface area contributed by atoms with E-state index in [1.54, 1.807) is 0 Å². The van der Waals surface area contributed by atoms with Crippen molar-refractivity contribution in [2.24, 2.45) is 5.73 Å². The largest absolute Gasteiger partial charge is 0.473 e. The van der Waals surface area contributed by atoms with E-state index >= 15 is 0 Å². The Labute approximate surface area is 102 Å². The van der Waals surface area contributed by atoms with Crippen molar-refractivity contribution in [3.63, 3.8) is 0 Å². The van der Waals surface area contributed by atoms with Crippen LogP contribution in [0.25, 0.3) is 10.9 Å². The van der Waals surface area contributed by atoms with Crippen LogP contribution in [0.15, 0.2) is 30.5 Å². The van der Waals surface area contributed by atoms with Crippen LogP contribution < -0.4 is 5.73 Å². The van der Waals surface area contributed by atoms with Gasteiger partial charge in [-0.25, -0.2) is 9.59 Å². The first-order valence-corrected chi connectivity index (χ1v) is 4.77. The number of carboxylic acids is 2. The summed E-state index contributed by atoms with van der Waals surface area (Å²) in [6.45, 7) is 0.601. The lowest BCUT2D eigenvalue weighted by atomic mass is 10.2. The number of hydrogen-bond donors (Lipinski definition) is 4. The van der Waals surface area contributed by atoms with Crippen molar-refractivity contribution >= 4 is 22.8 Å². The third-order valence-electron chi connectivity index (χ3n) is 2.08. The Morgan fingerprint density at radius 1 is 1.17 bits per heavy atom. The molecule has 18 heavy (non-hydrogen) atoms. The number of nitrogens with one attached hydrogen (secondary N) is 1. The normalized spacial score (nSPS) is 8.94. The fraction of sp³-hybridized carbons (Fsp3) is 0.0909. The van der Waals surface area contributed by atoms with Crippen molar-refractivity contribution in [1.29, 1.82) is 0 Å². The zero-order chi connectivity index (χ0) is 12.8. The van der Waals surface area contributed by atoms with Crippen LogP contribution in [0, 0.1) is 0 Å². The van der Waals surface area contributed by atoms with Crippen LogP contribution in [-0.4, -0.2) is 32.6 Å². The molecule has 0 unspecified atom stereocenters. The molecule has 1 aromatic heterocycles. The number of H-pyrrole nitrogens is 1. The predicted molar refractivity (Wildman–Crippen MR) is 65.1 cm³/mol. The maximum Gasteiger partial charge on any atom is 0.414 e. The van der Waals surface area contributed by atoms with Crippen molar-refractivity contribution in [3.05, 3.63) is 36.0 Å². The van der Waals surface area contributed by atoms with Crippen molar-refractivity contribution in [3.8, 4) is 0 Å². The van der Waals surface area contributed by atoms with Crippen molar-refractivity contribution in [1.82, 2.24) is 4.98 Å². The van der Waals surface area contributed by atoms with Crippen LogP contribution in [0.1, 0.15) is 5.56 Å². The number of rotatable bonds is 1. The Hall–Kier alpha value is -2.38. The van der Waals surface area contributed by atoms with Crippen LogP contribution in [0.4, 0.5) is 0 Å². The number of aliphatic carboxylic acids is 2. The Morgan fingerprint density at radius 3 is 2.22 bits per heavy atom. The van der Waals surface area contributed by atoms with Gasteiger partial charge in [0.25, 0.3) is 0 Å². The minimum atomic E-state index is -1.82. The topological polar surface area (TPSA) is 148 Å². The number of benzene rings is 1. The molecule has 1 heterocycles. The van der Waals surface area contributed by atoms with Crippen LogP contribution in [-0.2, 0) is 16.1 Å². The van der Waals surface area contributed by atoms with E-state index in [9.17, 15) is 0 Å². The fourth-order valence-electron chi connectivity index (χ4n) is 1.30. The summed E-state index contributed by atoms with van der Waals surface area (Å²) in [5.41, 5.74) is 7.88. The molecule has 0 saturated carbocycles. The highest BCUT2D eigenvalue weighted by atomic mass is 16.4.